The van der Waals surface area contributed by atoms with Gasteiger partial charge in [-0.3, -0.25) is 4.90 Å². The lowest BCUT2D eigenvalue weighted by Crippen LogP contribution is -2.39. The minimum Gasteiger partial charge on any atom is -0.308 e. The zero-order valence-electron chi connectivity index (χ0n) is 14.1. The lowest BCUT2D eigenvalue weighted by molar-refractivity contribution is 0.256. The molecule has 0 atom stereocenters. The standard InChI is InChI=1S/C19H25N3O/c1-4-16-9-8-10-17(15-16)20-19(23)22(14-13-21(2)3)18-11-6-5-7-12-18/h5-12,15H,4,13-14H2,1-3H3,(H,20,23). The van der Waals surface area contributed by atoms with E-state index in [4.69, 9.17) is 0 Å². The number of nitrogens with one attached hydrogen (secondary N) is 1. The molecular formula is C19H25N3O. The van der Waals surface area contributed by atoms with Gasteiger partial charge in [-0.05, 0) is 50.3 Å². The normalized spacial score (nSPS) is 10.6. The Morgan fingerprint density at radius 1 is 1.00 bits per heavy atom. The maximum absolute atomic E-state index is 12.7. The number of carbonyl (C=O) groups is 1. The number of hydrogen-bond acceptors (Lipinski definition) is 2. The smallest absolute Gasteiger partial charge is 0.308 e. The highest BCUT2D eigenvalue weighted by molar-refractivity contribution is 6.01. The van der Waals surface area contributed by atoms with Crippen LogP contribution in [0.3, 0.4) is 0 Å². The number of urea groups is 1. The summed E-state index contributed by atoms with van der Waals surface area (Å²) in [5.74, 6) is 0. The Bertz CT molecular complexity index is 626. The van der Waals surface area contributed by atoms with Gasteiger partial charge in [-0.1, -0.05) is 37.3 Å². The molecule has 0 aliphatic carbocycles. The Hall–Kier alpha value is -2.33. The summed E-state index contributed by atoms with van der Waals surface area (Å²) in [6.45, 7) is 3.54. The van der Waals surface area contributed by atoms with Gasteiger partial charge in [0.15, 0.2) is 0 Å². The van der Waals surface area contributed by atoms with Gasteiger partial charge in [0.2, 0.25) is 0 Å². The molecule has 0 aliphatic heterocycles. The van der Waals surface area contributed by atoms with E-state index in [1.807, 2.05) is 62.6 Å². The van der Waals surface area contributed by atoms with E-state index in [0.29, 0.717) is 6.54 Å². The van der Waals surface area contributed by atoms with Crippen LogP contribution in [0, 0.1) is 0 Å². The monoisotopic (exact) mass is 311 g/mol. The van der Waals surface area contributed by atoms with E-state index in [1.165, 1.54) is 5.56 Å². The van der Waals surface area contributed by atoms with Crippen LogP contribution in [0.5, 0.6) is 0 Å². The van der Waals surface area contributed by atoms with Gasteiger partial charge in [0.05, 0.1) is 0 Å². The molecule has 0 heterocycles. The molecule has 0 fully saturated rings. The molecule has 0 radical (unpaired) electrons. The summed E-state index contributed by atoms with van der Waals surface area (Å²) in [5.41, 5.74) is 2.95. The second-order valence-corrected chi connectivity index (χ2v) is 5.77. The lowest BCUT2D eigenvalue weighted by Gasteiger charge is -2.25. The molecule has 0 bridgehead atoms. The number of rotatable bonds is 6. The first-order chi connectivity index (χ1) is 11.1. The molecule has 0 spiro atoms. The summed E-state index contributed by atoms with van der Waals surface area (Å²) in [6.07, 6.45) is 0.951. The summed E-state index contributed by atoms with van der Waals surface area (Å²) in [5, 5.41) is 3.01. The summed E-state index contributed by atoms with van der Waals surface area (Å²) in [7, 11) is 4.01. The molecule has 4 heteroatoms. The minimum absolute atomic E-state index is 0.105. The quantitative estimate of drug-likeness (QED) is 0.879. The van der Waals surface area contributed by atoms with E-state index in [0.717, 1.165) is 24.3 Å². The Morgan fingerprint density at radius 3 is 2.39 bits per heavy atom. The van der Waals surface area contributed by atoms with Crippen molar-refractivity contribution in [1.82, 2.24) is 4.90 Å². The molecule has 0 saturated carbocycles. The van der Waals surface area contributed by atoms with Crippen molar-refractivity contribution in [2.24, 2.45) is 0 Å². The van der Waals surface area contributed by atoms with Crippen LogP contribution in [0.25, 0.3) is 0 Å². The molecule has 23 heavy (non-hydrogen) atoms. The van der Waals surface area contributed by atoms with Crippen molar-refractivity contribution in [3.8, 4) is 0 Å². The highest BCUT2D eigenvalue weighted by Crippen LogP contribution is 2.17. The van der Waals surface area contributed by atoms with E-state index in [1.54, 1.807) is 4.90 Å². The molecule has 0 unspecified atom stereocenters. The molecular weight excluding hydrogens is 286 g/mol. The zero-order valence-corrected chi connectivity index (χ0v) is 14.1. The predicted octanol–water partition coefficient (Wildman–Crippen LogP) is 3.85. The molecule has 0 saturated heterocycles. The van der Waals surface area contributed by atoms with Crippen LogP contribution in [-0.4, -0.2) is 38.1 Å². The summed E-state index contributed by atoms with van der Waals surface area (Å²) >= 11 is 0. The van der Waals surface area contributed by atoms with Gasteiger partial charge in [-0.25, -0.2) is 4.79 Å². The maximum atomic E-state index is 12.7. The van der Waals surface area contributed by atoms with Crippen molar-refractivity contribution in [3.63, 3.8) is 0 Å². The number of para-hydroxylation sites is 1. The molecule has 2 rings (SSSR count). The van der Waals surface area contributed by atoms with Gasteiger partial charge in [0, 0.05) is 24.5 Å². The van der Waals surface area contributed by atoms with Crippen molar-refractivity contribution < 1.29 is 4.79 Å². The van der Waals surface area contributed by atoms with Crippen molar-refractivity contribution in [3.05, 3.63) is 60.2 Å². The van der Waals surface area contributed by atoms with Crippen LogP contribution in [-0.2, 0) is 6.42 Å². The van der Waals surface area contributed by atoms with Crippen molar-refractivity contribution in [2.45, 2.75) is 13.3 Å². The van der Waals surface area contributed by atoms with Gasteiger partial charge in [-0.2, -0.15) is 0 Å². The summed E-state index contributed by atoms with van der Waals surface area (Å²) < 4.78 is 0. The number of carbonyl (C=O) groups excluding carboxylic acids is 1. The molecule has 1 N–H and O–H groups in total. The first kappa shape index (κ1) is 17.0. The molecule has 2 amide bonds. The minimum atomic E-state index is -0.105. The third-order valence-corrected chi connectivity index (χ3v) is 3.67. The SMILES string of the molecule is CCc1cccc(NC(=O)N(CCN(C)C)c2ccccc2)c1. The van der Waals surface area contributed by atoms with Crippen molar-refractivity contribution >= 4 is 17.4 Å². The molecule has 0 aliphatic rings. The Kier molecular flexibility index (Phi) is 6.18. The number of aryl methyl sites for hydroxylation is 1. The zero-order chi connectivity index (χ0) is 16.7. The topological polar surface area (TPSA) is 35.6 Å². The number of anilines is 2. The molecule has 4 nitrogen and oxygen atoms in total. The van der Waals surface area contributed by atoms with Gasteiger partial charge >= 0.3 is 6.03 Å². The predicted molar refractivity (Wildman–Crippen MR) is 97.2 cm³/mol. The van der Waals surface area contributed by atoms with E-state index >= 15 is 0 Å². The number of nitrogens with zero attached hydrogens (tertiary/aromatic N) is 2. The lowest BCUT2D eigenvalue weighted by atomic mass is 10.1. The first-order valence-corrected chi connectivity index (χ1v) is 7.97. The number of hydrogen-bond donors (Lipinski definition) is 1. The molecule has 2 aromatic carbocycles. The van der Waals surface area contributed by atoms with E-state index < -0.39 is 0 Å². The van der Waals surface area contributed by atoms with Gasteiger partial charge in [-0.15, -0.1) is 0 Å². The second-order valence-electron chi connectivity index (χ2n) is 5.77. The van der Waals surface area contributed by atoms with Gasteiger partial charge < -0.3 is 10.2 Å². The van der Waals surface area contributed by atoms with E-state index in [2.05, 4.69) is 23.2 Å². The highest BCUT2D eigenvalue weighted by atomic mass is 16.2. The third kappa shape index (κ3) is 5.11. The van der Waals surface area contributed by atoms with Crippen LogP contribution in [0.15, 0.2) is 54.6 Å². The Labute approximate surface area is 138 Å². The first-order valence-electron chi connectivity index (χ1n) is 7.97. The summed E-state index contributed by atoms with van der Waals surface area (Å²) in [6, 6.07) is 17.6. The number of benzene rings is 2. The number of amides is 2. The van der Waals surface area contributed by atoms with E-state index in [-0.39, 0.29) is 6.03 Å². The largest absolute Gasteiger partial charge is 0.326 e. The average Bonchev–Trinajstić information content (AvgIpc) is 2.56. The van der Waals surface area contributed by atoms with Crippen LogP contribution >= 0.6 is 0 Å². The van der Waals surface area contributed by atoms with Crippen LogP contribution < -0.4 is 10.2 Å². The Balaban J connectivity index is 2.15. The fraction of sp³-hybridized carbons (Fsp3) is 0.316. The molecule has 0 aromatic heterocycles. The van der Waals surface area contributed by atoms with Crippen LogP contribution in [0.2, 0.25) is 0 Å². The van der Waals surface area contributed by atoms with Gasteiger partial charge in [0.1, 0.15) is 0 Å². The van der Waals surface area contributed by atoms with Crippen molar-refractivity contribution in [2.75, 3.05) is 37.4 Å². The Morgan fingerprint density at radius 2 is 1.74 bits per heavy atom. The fourth-order valence-corrected chi connectivity index (χ4v) is 2.32. The average molecular weight is 311 g/mol. The highest BCUT2D eigenvalue weighted by Gasteiger charge is 2.15. The number of likely N-dealkylation sites (N-methyl/N-ethyl adjacent to an activating group) is 1. The summed E-state index contributed by atoms with van der Waals surface area (Å²) in [4.78, 5) is 16.6. The van der Waals surface area contributed by atoms with Crippen LogP contribution in [0.4, 0.5) is 16.2 Å². The third-order valence-electron chi connectivity index (χ3n) is 3.67. The van der Waals surface area contributed by atoms with E-state index in [9.17, 15) is 4.79 Å². The van der Waals surface area contributed by atoms with Gasteiger partial charge in [0.25, 0.3) is 0 Å². The second kappa shape index (κ2) is 8.34. The van der Waals surface area contributed by atoms with Crippen LogP contribution in [0.1, 0.15) is 12.5 Å². The maximum Gasteiger partial charge on any atom is 0.326 e. The van der Waals surface area contributed by atoms with Crippen molar-refractivity contribution in [1.29, 1.82) is 0 Å². The molecule has 122 valence electrons. The molecule has 2 aromatic rings. The fourth-order valence-electron chi connectivity index (χ4n) is 2.32.